The second kappa shape index (κ2) is 6.34. The van der Waals surface area contributed by atoms with Crippen LogP contribution in [0.2, 0.25) is 0 Å². The number of rotatable bonds is 4. The summed E-state index contributed by atoms with van der Waals surface area (Å²) in [4.78, 5) is 16.7. The maximum Gasteiger partial charge on any atom is 0.253 e. The number of nitrogens with one attached hydrogen (secondary N) is 1. The van der Waals surface area contributed by atoms with Crippen LogP contribution < -0.4 is 5.32 Å². The average molecular weight is 329 g/mol. The number of hydrogen-bond donors (Lipinski definition) is 1. The van der Waals surface area contributed by atoms with E-state index in [9.17, 15) is 9.18 Å². The Morgan fingerprint density at radius 2 is 2.13 bits per heavy atom. The summed E-state index contributed by atoms with van der Waals surface area (Å²) >= 11 is 1.51. The Bertz CT molecular complexity index is 840. The van der Waals surface area contributed by atoms with E-state index in [4.69, 9.17) is 0 Å². The third-order valence-electron chi connectivity index (χ3n) is 3.68. The minimum Gasteiger partial charge on any atom is -0.348 e. The van der Waals surface area contributed by atoms with Crippen LogP contribution in [0, 0.1) is 19.7 Å². The molecule has 4 nitrogen and oxygen atoms in total. The summed E-state index contributed by atoms with van der Waals surface area (Å²) in [6.45, 7) is 3.97. The summed E-state index contributed by atoms with van der Waals surface area (Å²) in [6, 6.07) is 8.25. The molecule has 0 saturated heterocycles. The minimum absolute atomic E-state index is 0.159. The first-order valence-corrected chi connectivity index (χ1v) is 8.06. The molecule has 0 unspecified atom stereocenters. The Labute approximate surface area is 137 Å². The van der Waals surface area contributed by atoms with E-state index in [1.807, 2.05) is 29.9 Å². The van der Waals surface area contributed by atoms with Crippen LogP contribution in [0.4, 0.5) is 4.39 Å². The number of amides is 1. The molecule has 6 heteroatoms. The summed E-state index contributed by atoms with van der Waals surface area (Å²) < 4.78 is 15.6. The topological polar surface area (TPSA) is 46.9 Å². The highest BCUT2D eigenvalue weighted by atomic mass is 32.1. The van der Waals surface area contributed by atoms with Gasteiger partial charge in [-0.25, -0.2) is 9.37 Å². The molecular weight excluding hydrogens is 313 g/mol. The van der Waals surface area contributed by atoms with Crippen LogP contribution >= 0.6 is 11.3 Å². The molecule has 1 amide bonds. The third kappa shape index (κ3) is 3.03. The molecule has 0 fully saturated rings. The third-order valence-corrected chi connectivity index (χ3v) is 4.44. The van der Waals surface area contributed by atoms with Crippen molar-refractivity contribution < 1.29 is 9.18 Å². The second-order valence-corrected chi connectivity index (χ2v) is 6.08. The minimum atomic E-state index is -0.318. The Morgan fingerprint density at radius 1 is 1.35 bits per heavy atom. The first kappa shape index (κ1) is 15.4. The zero-order chi connectivity index (χ0) is 16.4. The van der Waals surface area contributed by atoms with Crippen molar-refractivity contribution in [2.75, 3.05) is 0 Å². The van der Waals surface area contributed by atoms with Crippen molar-refractivity contribution >= 4 is 17.2 Å². The van der Waals surface area contributed by atoms with Gasteiger partial charge in [0.1, 0.15) is 5.82 Å². The number of thiazole rings is 1. The van der Waals surface area contributed by atoms with E-state index in [1.54, 1.807) is 24.4 Å². The fourth-order valence-electron chi connectivity index (χ4n) is 2.53. The molecule has 0 spiro atoms. The molecule has 0 saturated carbocycles. The number of halogens is 1. The lowest BCUT2D eigenvalue weighted by molar-refractivity contribution is 0.0950. The molecule has 0 aliphatic carbocycles. The van der Waals surface area contributed by atoms with Crippen molar-refractivity contribution in [2.24, 2.45) is 0 Å². The Kier molecular flexibility index (Phi) is 4.25. The van der Waals surface area contributed by atoms with E-state index in [0.29, 0.717) is 11.1 Å². The highest BCUT2D eigenvalue weighted by Crippen LogP contribution is 2.22. The number of aromatic nitrogens is 2. The van der Waals surface area contributed by atoms with Gasteiger partial charge in [0.25, 0.3) is 5.91 Å². The van der Waals surface area contributed by atoms with Crippen molar-refractivity contribution in [2.45, 2.75) is 20.4 Å². The molecule has 23 heavy (non-hydrogen) atoms. The van der Waals surface area contributed by atoms with E-state index in [-0.39, 0.29) is 18.3 Å². The van der Waals surface area contributed by atoms with Crippen LogP contribution in [0.3, 0.4) is 0 Å². The fraction of sp³-hybridized carbons (Fsp3) is 0.176. The molecule has 1 aromatic carbocycles. The summed E-state index contributed by atoms with van der Waals surface area (Å²) in [5, 5.41) is 5.50. The van der Waals surface area contributed by atoms with Gasteiger partial charge in [0, 0.05) is 35.1 Å². The second-order valence-electron chi connectivity index (χ2n) is 5.21. The van der Waals surface area contributed by atoms with E-state index >= 15 is 0 Å². The fourth-order valence-corrected chi connectivity index (χ4v) is 3.28. The van der Waals surface area contributed by atoms with Gasteiger partial charge < -0.3 is 5.32 Å². The summed E-state index contributed by atoms with van der Waals surface area (Å²) in [6.07, 6.45) is 1.73. The molecule has 0 aliphatic rings. The molecule has 2 heterocycles. The molecule has 3 rings (SSSR count). The molecule has 3 aromatic rings. The predicted octanol–water partition coefficient (Wildman–Crippen LogP) is 3.62. The van der Waals surface area contributed by atoms with Crippen LogP contribution in [0.15, 0.2) is 41.9 Å². The van der Waals surface area contributed by atoms with E-state index < -0.39 is 0 Å². The van der Waals surface area contributed by atoms with E-state index in [1.165, 1.54) is 17.4 Å². The molecule has 0 aliphatic heterocycles. The smallest absolute Gasteiger partial charge is 0.253 e. The lowest BCUT2D eigenvalue weighted by Gasteiger charge is -2.07. The molecule has 118 valence electrons. The number of hydrogen-bond acceptors (Lipinski definition) is 3. The van der Waals surface area contributed by atoms with Crippen molar-refractivity contribution in [1.82, 2.24) is 14.9 Å². The first-order chi connectivity index (χ1) is 11.1. The molecule has 1 N–H and O–H groups in total. The number of benzene rings is 1. The maximum absolute atomic E-state index is 13.6. The van der Waals surface area contributed by atoms with Crippen molar-refractivity contribution in [3.05, 3.63) is 70.2 Å². The normalized spacial score (nSPS) is 10.7. The van der Waals surface area contributed by atoms with Gasteiger partial charge in [0.05, 0.1) is 5.56 Å². The Hall–Kier alpha value is -2.47. The summed E-state index contributed by atoms with van der Waals surface area (Å²) in [5.74, 6) is -0.537. The SMILES string of the molecule is Cc1cc(C(=O)NCc2ccccc2F)c(C)n1-c1nccs1. The van der Waals surface area contributed by atoms with Gasteiger partial charge in [-0.05, 0) is 26.0 Å². The molecule has 0 bridgehead atoms. The van der Waals surface area contributed by atoms with Gasteiger partial charge in [0.15, 0.2) is 5.13 Å². The van der Waals surface area contributed by atoms with Crippen molar-refractivity contribution in [3.63, 3.8) is 0 Å². The molecule has 0 atom stereocenters. The van der Waals surface area contributed by atoms with Gasteiger partial charge in [-0.1, -0.05) is 18.2 Å². The van der Waals surface area contributed by atoms with Crippen LogP contribution in [0.1, 0.15) is 27.3 Å². The quantitative estimate of drug-likeness (QED) is 0.795. The number of aryl methyl sites for hydroxylation is 1. The molecule has 0 radical (unpaired) electrons. The standard InChI is InChI=1S/C17H16FN3OS/c1-11-9-14(12(2)21(11)17-19-7-8-23-17)16(22)20-10-13-5-3-4-6-15(13)18/h3-9H,10H2,1-2H3,(H,20,22). The van der Waals surface area contributed by atoms with Crippen molar-refractivity contribution in [1.29, 1.82) is 0 Å². The van der Waals surface area contributed by atoms with Gasteiger partial charge in [0.2, 0.25) is 0 Å². The highest BCUT2D eigenvalue weighted by molar-refractivity contribution is 7.12. The monoisotopic (exact) mass is 329 g/mol. The van der Waals surface area contributed by atoms with Crippen LogP contribution in [0.5, 0.6) is 0 Å². The Morgan fingerprint density at radius 3 is 2.83 bits per heavy atom. The van der Waals surface area contributed by atoms with Gasteiger partial charge in [-0.15, -0.1) is 11.3 Å². The Balaban J connectivity index is 1.81. The molecular formula is C17H16FN3OS. The first-order valence-electron chi connectivity index (χ1n) is 7.18. The molecule has 2 aromatic heterocycles. The van der Waals surface area contributed by atoms with Gasteiger partial charge in [-0.3, -0.25) is 9.36 Å². The highest BCUT2D eigenvalue weighted by Gasteiger charge is 2.17. The summed E-state index contributed by atoms with van der Waals surface area (Å²) in [7, 11) is 0. The maximum atomic E-state index is 13.6. The van der Waals surface area contributed by atoms with Crippen LogP contribution in [-0.2, 0) is 6.54 Å². The van der Waals surface area contributed by atoms with E-state index in [2.05, 4.69) is 10.3 Å². The van der Waals surface area contributed by atoms with Crippen LogP contribution in [-0.4, -0.2) is 15.5 Å². The zero-order valence-electron chi connectivity index (χ0n) is 12.8. The van der Waals surface area contributed by atoms with Crippen molar-refractivity contribution in [3.8, 4) is 5.13 Å². The lowest BCUT2D eigenvalue weighted by atomic mass is 10.2. The average Bonchev–Trinajstić information content (AvgIpc) is 3.14. The lowest BCUT2D eigenvalue weighted by Crippen LogP contribution is -2.23. The van der Waals surface area contributed by atoms with Gasteiger partial charge >= 0.3 is 0 Å². The number of nitrogens with zero attached hydrogens (tertiary/aromatic N) is 2. The number of carbonyl (C=O) groups is 1. The van der Waals surface area contributed by atoms with Crippen LogP contribution in [0.25, 0.3) is 5.13 Å². The summed E-state index contributed by atoms with van der Waals surface area (Å²) in [5.41, 5.74) is 2.81. The zero-order valence-corrected chi connectivity index (χ0v) is 13.7. The number of carbonyl (C=O) groups excluding carboxylic acids is 1. The predicted molar refractivity (Wildman–Crippen MR) is 88.5 cm³/mol. The largest absolute Gasteiger partial charge is 0.348 e. The van der Waals surface area contributed by atoms with Gasteiger partial charge in [-0.2, -0.15) is 0 Å². The van der Waals surface area contributed by atoms with E-state index in [0.717, 1.165) is 16.5 Å².